The lowest BCUT2D eigenvalue weighted by Crippen LogP contribution is -2.31. The number of anilines is 1. The maximum absolute atomic E-state index is 13.3. The molecule has 1 aromatic carbocycles. The fourth-order valence-corrected chi connectivity index (χ4v) is 3.17. The van der Waals surface area contributed by atoms with Gasteiger partial charge in [-0.15, -0.1) is 0 Å². The summed E-state index contributed by atoms with van der Waals surface area (Å²) >= 11 is 0. The second-order valence-electron chi connectivity index (χ2n) is 6.05. The summed E-state index contributed by atoms with van der Waals surface area (Å²) in [6.07, 6.45) is 0. The van der Waals surface area contributed by atoms with E-state index in [-0.39, 0.29) is 5.91 Å². The number of hydrogen-bond acceptors (Lipinski definition) is 3. The van der Waals surface area contributed by atoms with Crippen molar-refractivity contribution in [3.8, 4) is 0 Å². The largest absolute Gasteiger partial charge is 0.308 e. The number of carbonyl (C=O) groups is 1. The zero-order valence-electron chi connectivity index (χ0n) is 14.8. The molecule has 0 radical (unpaired) electrons. The van der Waals surface area contributed by atoms with Crippen molar-refractivity contribution in [3.63, 3.8) is 0 Å². The smallest absolute Gasteiger partial charge is 0.259 e. The minimum Gasteiger partial charge on any atom is -0.308 e. The Balaban J connectivity index is 2.19. The molecule has 0 spiro atoms. The number of amides is 1. The zero-order chi connectivity index (χ0) is 17.4. The predicted molar refractivity (Wildman–Crippen MR) is 96.5 cm³/mol. The first-order valence-corrected chi connectivity index (χ1v) is 8.12. The summed E-state index contributed by atoms with van der Waals surface area (Å²) in [5.41, 5.74) is 5.07. The third-order valence-corrected chi connectivity index (χ3v) is 4.29. The highest BCUT2D eigenvalue weighted by Gasteiger charge is 2.23. The van der Waals surface area contributed by atoms with Gasteiger partial charge in [-0.05, 0) is 45.4 Å². The van der Waals surface area contributed by atoms with Crippen molar-refractivity contribution in [2.45, 2.75) is 27.7 Å². The van der Waals surface area contributed by atoms with E-state index in [0.29, 0.717) is 12.1 Å². The molecule has 3 rings (SSSR count). The molecule has 124 valence electrons. The number of benzene rings is 1. The summed E-state index contributed by atoms with van der Waals surface area (Å²) in [6.45, 7) is 8.44. The Kier molecular flexibility index (Phi) is 4.09. The second-order valence-corrected chi connectivity index (χ2v) is 6.05. The van der Waals surface area contributed by atoms with E-state index in [1.54, 1.807) is 4.68 Å². The van der Waals surface area contributed by atoms with Gasteiger partial charge < -0.3 is 4.90 Å². The molecule has 3 aromatic rings. The molecule has 2 aromatic heterocycles. The molecule has 0 bridgehead atoms. The minimum atomic E-state index is -0.0154. The van der Waals surface area contributed by atoms with Crippen LogP contribution in [0.25, 0.3) is 11.0 Å². The Hall–Kier alpha value is -2.69. The fourth-order valence-electron chi connectivity index (χ4n) is 3.17. The van der Waals surface area contributed by atoms with Gasteiger partial charge in [-0.25, -0.2) is 4.98 Å². The molecule has 0 saturated heterocycles. The van der Waals surface area contributed by atoms with Crippen molar-refractivity contribution in [2.24, 2.45) is 7.05 Å². The summed E-state index contributed by atoms with van der Waals surface area (Å²) < 4.78 is 1.73. The van der Waals surface area contributed by atoms with Crippen molar-refractivity contribution in [2.75, 3.05) is 11.4 Å². The van der Waals surface area contributed by atoms with E-state index in [9.17, 15) is 4.79 Å². The van der Waals surface area contributed by atoms with E-state index in [0.717, 1.165) is 33.7 Å². The van der Waals surface area contributed by atoms with Crippen LogP contribution in [0, 0.1) is 20.8 Å². The van der Waals surface area contributed by atoms with Crippen LogP contribution in [0.4, 0.5) is 5.69 Å². The average molecular weight is 322 g/mol. The van der Waals surface area contributed by atoms with E-state index in [4.69, 9.17) is 0 Å². The normalized spacial score (nSPS) is 11.0. The molecule has 0 aliphatic carbocycles. The standard InChI is InChI=1S/C19H22N4O/c1-6-23(16-10-8-7-9-12(16)2)19(24)15-11-13(3)20-18-17(15)14(4)21-22(18)5/h7-11H,6H2,1-5H3. The predicted octanol–water partition coefficient (Wildman–Crippen LogP) is 3.56. The van der Waals surface area contributed by atoms with Crippen LogP contribution in [-0.4, -0.2) is 27.2 Å². The Labute approximate surface area is 141 Å². The van der Waals surface area contributed by atoms with Gasteiger partial charge in [0, 0.05) is 25.0 Å². The van der Waals surface area contributed by atoms with Gasteiger partial charge in [0.25, 0.3) is 5.91 Å². The zero-order valence-corrected chi connectivity index (χ0v) is 14.8. The number of para-hydroxylation sites is 1. The molecule has 5 heteroatoms. The van der Waals surface area contributed by atoms with Crippen LogP contribution in [0.3, 0.4) is 0 Å². The van der Waals surface area contributed by atoms with Gasteiger partial charge in [0.15, 0.2) is 5.65 Å². The number of hydrogen-bond donors (Lipinski definition) is 0. The number of aromatic nitrogens is 3. The van der Waals surface area contributed by atoms with E-state index < -0.39 is 0 Å². The highest BCUT2D eigenvalue weighted by molar-refractivity contribution is 6.14. The Morgan fingerprint density at radius 1 is 1.21 bits per heavy atom. The third kappa shape index (κ3) is 2.56. The summed E-state index contributed by atoms with van der Waals surface area (Å²) in [5, 5.41) is 5.27. The molecule has 0 N–H and O–H groups in total. The summed E-state index contributed by atoms with van der Waals surface area (Å²) in [6, 6.07) is 9.81. The van der Waals surface area contributed by atoms with E-state index in [1.807, 2.05) is 70.0 Å². The number of nitrogens with zero attached hydrogens (tertiary/aromatic N) is 4. The van der Waals surface area contributed by atoms with Gasteiger partial charge >= 0.3 is 0 Å². The van der Waals surface area contributed by atoms with E-state index >= 15 is 0 Å². The lowest BCUT2D eigenvalue weighted by atomic mass is 10.1. The first-order chi connectivity index (χ1) is 11.4. The van der Waals surface area contributed by atoms with Gasteiger partial charge in [-0.1, -0.05) is 18.2 Å². The molecule has 0 saturated carbocycles. The van der Waals surface area contributed by atoms with Crippen molar-refractivity contribution in [3.05, 3.63) is 52.8 Å². The fraction of sp³-hybridized carbons (Fsp3) is 0.316. The summed E-state index contributed by atoms with van der Waals surface area (Å²) in [5.74, 6) is -0.0154. The van der Waals surface area contributed by atoms with Crippen molar-refractivity contribution in [1.29, 1.82) is 0 Å². The van der Waals surface area contributed by atoms with Crippen molar-refractivity contribution < 1.29 is 4.79 Å². The average Bonchev–Trinajstić information content (AvgIpc) is 2.83. The Bertz CT molecular complexity index is 927. The van der Waals surface area contributed by atoms with Crippen LogP contribution < -0.4 is 4.90 Å². The van der Waals surface area contributed by atoms with Crippen LogP contribution >= 0.6 is 0 Å². The molecule has 0 unspecified atom stereocenters. The number of fused-ring (bicyclic) bond motifs is 1. The van der Waals surface area contributed by atoms with E-state index in [1.165, 1.54) is 0 Å². The van der Waals surface area contributed by atoms with Crippen LogP contribution in [0.1, 0.15) is 34.2 Å². The number of carbonyl (C=O) groups excluding carboxylic acids is 1. The molecule has 0 atom stereocenters. The lowest BCUT2D eigenvalue weighted by molar-refractivity contribution is 0.0989. The lowest BCUT2D eigenvalue weighted by Gasteiger charge is -2.23. The third-order valence-electron chi connectivity index (χ3n) is 4.29. The molecule has 0 fully saturated rings. The minimum absolute atomic E-state index is 0.0154. The Morgan fingerprint density at radius 2 is 1.92 bits per heavy atom. The molecular weight excluding hydrogens is 300 g/mol. The van der Waals surface area contributed by atoms with Gasteiger partial charge in [-0.3, -0.25) is 9.48 Å². The molecule has 0 aliphatic heterocycles. The number of rotatable bonds is 3. The first kappa shape index (κ1) is 16.2. The summed E-state index contributed by atoms with van der Waals surface area (Å²) in [7, 11) is 1.86. The maximum atomic E-state index is 13.3. The first-order valence-electron chi connectivity index (χ1n) is 8.12. The molecular formula is C19H22N4O. The number of pyridine rings is 1. The van der Waals surface area contributed by atoms with Crippen LogP contribution in [0.5, 0.6) is 0 Å². The monoisotopic (exact) mass is 322 g/mol. The second kappa shape index (κ2) is 6.07. The van der Waals surface area contributed by atoms with Crippen molar-refractivity contribution >= 4 is 22.6 Å². The highest BCUT2D eigenvalue weighted by atomic mass is 16.2. The molecule has 0 aliphatic rings. The van der Waals surface area contributed by atoms with E-state index in [2.05, 4.69) is 10.1 Å². The van der Waals surface area contributed by atoms with Crippen LogP contribution in [-0.2, 0) is 7.05 Å². The van der Waals surface area contributed by atoms with Gasteiger partial charge in [0.2, 0.25) is 0 Å². The molecule has 24 heavy (non-hydrogen) atoms. The van der Waals surface area contributed by atoms with Gasteiger partial charge in [-0.2, -0.15) is 5.10 Å². The highest BCUT2D eigenvalue weighted by Crippen LogP contribution is 2.26. The van der Waals surface area contributed by atoms with Crippen molar-refractivity contribution in [1.82, 2.24) is 14.8 Å². The molecule has 1 amide bonds. The van der Waals surface area contributed by atoms with Crippen LogP contribution in [0.2, 0.25) is 0 Å². The topological polar surface area (TPSA) is 51.0 Å². The quantitative estimate of drug-likeness (QED) is 0.741. The molecule has 5 nitrogen and oxygen atoms in total. The summed E-state index contributed by atoms with van der Waals surface area (Å²) in [4.78, 5) is 19.7. The van der Waals surface area contributed by atoms with Gasteiger partial charge in [0.1, 0.15) is 0 Å². The Morgan fingerprint density at radius 3 is 2.58 bits per heavy atom. The number of aryl methyl sites for hydroxylation is 4. The maximum Gasteiger partial charge on any atom is 0.259 e. The molecule has 2 heterocycles. The van der Waals surface area contributed by atoms with Gasteiger partial charge in [0.05, 0.1) is 16.6 Å². The van der Waals surface area contributed by atoms with Crippen LogP contribution in [0.15, 0.2) is 30.3 Å². The SMILES string of the molecule is CCN(C(=O)c1cc(C)nc2c1c(C)nn2C)c1ccccc1C.